The Morgan fingerprint density at radius 2 is 1.90 bits per heavy atom. The van der Waals surface area contributed by atoms with Crippen LogP contribution in [0.25, 0.3) is 0 Å². The topological polar surface area (TPSA) is 75.6 Å². The third-order valence-corrected chi connectivity index (χ3v) is 6.91. The number of hydrogen-bond donors (Lipinski definition) is 0. The molecule has 164 valence electrons. The molecular formula is C23H34N4O3. The van der Waals surface area contributed by atoms with Gasteiger partial charge in [0.25, 0.3) is 0 Å². The molecule has 1 unspecified atom stereocenters. The van der Waals surface area contributed by atoms with Gasteiger partial charge >= 0.3 is 0 Å². The summed E-state index contributed by atoms with van der Waals surface area (Å²) < 4.78 is 5.08. The molecule has 0 bridgehead atoms. The highest BCUT2D eigenvalue weighted by molar-refractivity contribution is 5.95. The lowest BCUT2D eigenvalue weighted by atomic mass is 9.88. The van der Waals surface area contributed by atoms with Gasteiger partial charge < -0.3 is 9.64 Å². The van der Waals surface area contributed by atoms with Gasteiger partial charge in [-0.3, -0.25) is 14.5 Å². The van der Waals surface area contributed by atoms with Crippen molar-refractivity contribution in [1.29, 1.82) is 0 Å². The van der Waals surface area contributed by atoms with E-state index in [-0.39, 0.29) is 17.9 Å². The molecule has 2 aliphatic heterocycles. The molecule has 1 aliphatic carbocycles. The molecule has 4 rings (SSSR count). The average molecular weight is 415 g/mol. The van der Waals surface area contributed by atoms with Gasteiger partial charge in [-0.25, -0.2) is 9.97 Å². The summed E-state index contributed by atoms with van der Waals surface area (Å²) in [5, 5.41) is 0. The molecule has 0 N–H and O–H groups in total. The summed E-state index contributed by atoms with van der Waals surface area (Å²) in [7, 11) is 1.61. The number of hydrogen-bond acceptors (Lipinski definition) is 5. The predicted octanol–water partition coefficient (Wildman–Crippen LogP) is 3.34. The monoisotopic (exact) mass is 414 g/mol. The predicted molar refractivity (Wildman–Crippen MR) is 114 cm³/mol. The van der Waals surface area contributed by atoms with Crippen molar-refractivity contribution in [2.45, 2.75) is 77.2 Å². The minimum Gasteiger partial charge on any atom is -0.384 e. The summed E-state index contributed by atoms with van der Waals surface area (Å²) in [6, 6.07) is -0.105. The van der Waals surface area contributed by atoms with E-state index in [1.165, 1.54) is 32.1 Å². The fourth-order valence-corrected chi connectivity index (χ4v) is 5.23. The van der Waals surface area contributed by atoms with Crippen LogP contribution >= 0.6 is 0 Å². The van der Waals surface area contributed by atoms with Crippen LogP contribution in [-0.4, -0.2) is 53.5 Å². The van der Waals surface area contributed by atoms with Gasteiger partial charge in [0.15, 0.2) is 5.82 Å². The summed E-state index contributed by atoms with van der Waals surface area (Å²) in [6.45, 7) is 3.95. The molecule has 2 fully saturated rings. The zero-order valence-electron chi connectivity index (χ0n) is 18.4. The normalized spacial score (nSPS) is 22.5. The molecule has 1 atom stereocenters. The number of anilines is 1. The molecule has 1 saturated heterocycles. The highest BCUT2D eigenvalue weighted by Crippen LogP contribution is 2.36. The Labute approximate surface area is 179 Å². The Hall–Kier alpha value is -2.02. The fourth-order valence-electron chi connectivity index (χ4n) is 5.23. The van der Waals surface area contributed by atoms with Gasteiger partial charge in [0.2, 0.25) is 11.8 Å². The number of aromatic nitrogens is 2. The molecule has 3 aliphatic rings. The number of carbonyl (C=O) groups excluding carboxylic acids is 2. The fraction of sp³-hybridized carbons (Fsp3) is 0.739. The average Bonchev–Trinajstić information content (AvgIpc) is 3.25. The molecule has 3 heterocycles. The molecule has 1 aromatic rings. The van der Waals surface area contributed by atoms with Crippen molar-refractivity contribution in [3.63, 3.8) is 0 Å². The van der Waals surface area contributed by atoms with Gasteiger partial charge in [-0.15, -0.1) is 0 Å². The van der Waals surface area contributed by atoms with E-state index in [0.29, 0.717) is 37.6 Å². The van der Waals surface area contributed by atoms with Crippen LogP contribution < -0.4 is 4.90 Å². The number of likely N-dealkylation sites (tertiary alicyclic amines) is 1. The molecule has 7 nitrogen and oxygen atoms in total. The highest BCUT2D eigenvalue weighted by Gasteiger charge is 2.35. The van der Waals surface area contributed by atoms with Gasteiger partial charge in [-0.05, 0) is 44.9 Å². The molecule has 30 heavy (non-hydrogen) atoms. The maximum absolute atomic E-state index is 12.9. The maximum Gasteiger partial charge on any atom is 0.228 e. The third kappa shape index (κ3) is 4.36. The Balaban J connectivity index is 1.61. The van der Waals surface area contributed by atoms with Crippen molar-refractivity contribution in [3.05, 3.63) is 17.1 Å². The van der Waals surface area contributed by atoms with Crippen LogP contribution in [0, 0.1) is 12.8 Å². The van der Waals surface area contributed by atoms with Gasteiger partial charge in [-0.1, -0.05) is 19.3 Å². The SMILES string of the molecule is COCCC(=O)N1CCCC1c1nc(C)c2c(n1)N(CC1CCCCC1)C(=O)CC2. The molecule has 1 aromatic heterocycles. The van der Waals surface area contributed by atoms with E-state index in [0.717, 1.165) is 43.0 Å². The van der Waals surface area contributed by atoms with E-state index < -0.39 is 0 Å². The van der Waals surface area contributed by atoms with Gasteiger partial charge in [0.1, 0.15) is 5.82 Å². The van der Waals surface area contributed by atoms with Crippen molar-refractivity contribution in [1.82, 2.24) is 14.9 Å². The van der Waals surface area contributed by atoms with Crippen molar-refractivity contribution in [2.75, 3.05) is 31.7 Å². The quantitative estimate of drug-likeness (QED) is 0.714. The number of fused-ring (bicyclic) bond motifs is 1. The van der Waals surface area contributed by atoms with E-state index in [9.17, 15) is 9.59 Å². The second-order valence-corrected chi connectivity index (χ2v) is 8.97. The van der Waals surface area contributed by atoms with Gasteiger partial charge in [0.05, 0.1) is 19.1 Å². The minimum atomic E-state index is -0.105. The van der Waals surface area contributed by atoms with Crippen LogP contribution in [0.2, 0.25) is 0 Å². The van der Waals surface area contributed by atoms with Gasteiger partial charge in [0, 0.05) is 37.9 Å². The summed E-state index contributed by atoms with van der Waals surface area (Å²) in [5.74, 6) is 2.32. The summed E-state index contributed by atoms with van der Waals surface area (Å²) in [5.41, 5.74) is 2.05. The molecule has 1 saturated carbocycles. The Kier molecular flexibility index (Phi) is 6.66. The second kappa shape index (κ2) is 9.41. The highest BCUT2D eigenvalue weighted by atomic mass is 16.5. The number of rotatable bonds is 6. The van der Waals surface area contributed by atoms with Crippen LogP contribution in [-0.2, 0) is 20.7 Å². The van der Waals surface area contributed by atoms with Crippen molar-refractivity contribution in [3.8, 4) is 0 Å². The Morgan fingerprint density at radius 3 is 2.67 bits per heavy atom. The Bertz CT molecular complexity index is 791. The van der Waals surface area contributed by atoms with Crippen LogP contribution in [0.15, 0.2) is 0 Å². The van der Waals surface area contributed by atoms with E-state index in [4.69, 9.17) is 14.7 Å². The first kappa shape index (κ1) is 21.2. The van der Waals surface area contributed by atoms with Crippen LogP contribution in [0.4, 0.5) is 5.82 Å². The van der Waals surface area contributed by atoms with Crippen LogP contribution in [0.3, 0.4) is 0 Å². The summed E-state index contributed by atoms with van der Waals surface area (Å²) in [6.07, 6.45) is 9.66. The maximum atomic E-state index is 12.9. The number of ether oxygens (including phenoxy) is 1. The first-order valence-electron chi connectivity index (χ1n) is 11.5. The lowest BCUT2D eigenvalue weighted by molar-refractivity contribution is -0.133. The summed E-state index contributed by atoms with van der Waals surface area (Å²) in [4.78, 5) is 39.1. The van der Waals surface area contributed by atoms with Crippen molar-refractivity contribution < 1.29 is 14.3 Å². The molecule has 0 aromatic carbocycles. The number of amides is 2. The van der Waals surface area contributed by atoms with E-state index in [1.807, 2.05) is 16.7 Å². The smallest absolute Gasteiger partial charge is 0.228 e. The minimum absolute atomic E-state index is 0.0912. The molecule has 2 amide bonds. The van der Waals surface area contributed by atoms with E-state index in [1.54, 1.807) is 7.11 Å². The standard InChI is InChI=1S/C23H34N4O3/c1-16-18-10-11-20(28)27(15-17-7-4-3-5-8-17)23(18)25-22(24-16)19-9-6-13-26(19)21(29)12-14-30-2/h17,19H,3-15H2,1-2H3. The van der Waals surface area contributed by atoms with E-state index >= 15 is 0 Å². The third-order valence-electron chi connectivity index (χ3n) is 6.91. The molecular weight excluding hydrogens is 380 g/mol. The second-order valence-electron chi connectivity index (χ2n) is 8.97. The van der Waals surface area contributed by atoms with E-state index in [2.05, 4.69) is 0 Å². The van der Waals surface area contributed by atoms with Crippen LogP contribution in [0.5, 0.6) is 0 Å². The zero-order valence-corrected chi connectivity index (χ0v) is 18.4. The number of aryl methyl sites for hydroxylation is 1. The van der Waals surface area contributed by atoms with Crippen molar-refractivity contribution >= 4 is 17.6 Å². The first-order chi connectivity index (χ1) is 14.6. The molecule has 0 spiro atoms. The van der Waals surface area contributed by atoms with Crippen LogP contribution in [0.1, 0.15) is 80.9 Å². The Morgan fingerprint density at radius 1 is 1.10 bits per heavy atom. The number of carbonyl (C=O) groups is 2. The molecule has 0 radical (unpaired) electrons. The lowest BCUT2D eigenvalue weighted by Gasteiger charge is -2.34. The summed E-state index contributed by atoms with van der Waals surface area (Å²) >= 11 is 0. The largest absolute Gasteiger partial charge is 0.384 e. The zero-order chi connectivity index (χ0) is 21.1. The molecule has 7 heteroatoms. The number of methoxy groups -OCH3 is 1. The van der Waals surface area contributed by atoms with Crippen molar-refractivity contribution in [2.24, 2.45) is 5.92 Å². The number of nitrogens with zero attached hydrogens (tertiary/aromatic N) is 4. The lowest BCUT2D eigenvalue weighted by Crippen LogP contribution is -2.41. The first-order valence-corrected chi connectivity index (χ1v) is 11.5. The van der Waals surface area contributed by atoms with Gasteiger partial charge in [-0.2, -0.15) is 0 Å².